The summed E-state index contributed by atoms with van der Waals surface area (Å²) in [6.07, 6.45) is 3.43. The van der Waals surface area contributed by atoms with E-state index >= 15 is 0 Å². The van der Waals surface area contributed by atoms with Gasteiger partial charge in [-0.3, -0.25) is 15.6 Å². The summed E-state index contributed by atoms with van der Waals surface area (Å²) in [6, 6.07) is 15.6. The number of hydrazine groups is 1. The fourth-order valence-electron chi connectivity index (χ4n) is 2.63. The molecular formula is C19H22N6OS. The maximum absolute atomic E-state index is 12.1. The van der Waals surface area contributed by atoms with Crippen molar-refractivity contribution in [2.24, 2.45) is 0 Å². The first-order valence-electron chi connectivity index (χ1n) is 8.88. The summed E-state index contributed by atoms with van der Waals surface area (Å²) >= 11 is 5.21. The Kier molecular flexibility index (Phi) is 6.32. The molecule has 1 amide bonds. The van der Waals surface area contributed by atoms with Crippen LogP contribution in [0.5, 0.6) is 0 Å². The molecule has 8 heteroatoms. The number of amides is 1. The first-order chi connectivity index (χ1) is 13.2. The number of unbranched alkanes of at least 4 members (excludes halogenated alkanes) is 1. The lowest BCUT2D eigenvalue weighted by atomic mass is 10.1. The van der Waals surface area contributed by atoms with Crippen LogP contribution in [-0.2, 0) is 17.8 Å². The van der Waals surface area contributed by atoms with Crippen LogP contribution < -0.4 is 16.2 Å². The predicted octanol–water partition coefficient (Wildman–Crippen LogP) is 2.79. The number of rotatable bonds is 6. The highest BCUT2D eigenvalue weighted by molar-refractivity contribution is 7.80. The van der Waals surface area contributed by atoms with Gasteiger partial charge >= 0.3 is 0 Å². The minimum Gasteiger partial charge on any atom is -0.331 e. The Morgan fingerprint density at radius 1 is 1.11 bits per heavy atom. The van der Waals surface area contributed by atoms with Crippen molar-refractivity contribution >= 4 is 40.0 Å². The number of para-hydroxylation sites is 1. The fourth-order valence-corrected chi connectivity index (χ4v) is 2.80. The minimum absolute atomic E-state index is 0.0439. The number of aromatic nitrogens is 3. The van der Waals surface area contributed by atoms with Gasteiger partial charge in [0.1, 0.15) is 12.1 Å². The van der Waals surface area contributed by atoms with Crippen LogP contribution in [0.2, 0.25) is 0 Å². The molecular weight excluding hydrogens is 360 g/mol. The van der Waals surface area contributed by atoms with E-state index < -0.39 is 0 Å². The summed E-state index contributed by atoms with van der Waals surface area (Å²) in [6.45, 7) is 2.22. The van der Waals surface area contributed by atoms with Gasteiger partial charge in [-0.1, -0.05) is 42.8 Å². The molecule has 140 valence electrons. The summed E-state index contributed by atoms with van der Waals surface area (Å²) < 4.78 is 1.54. The number of carbonyl (C=O) groups is 1. The van der Waals surface area contributed by atoms with Crippen molar-refractivity contribution in [3.8, 4) is 0 Å². The van der Waals surface area contributed by atoms with E-state index in [2.05, 4.69) is 45.5 Å². The Labute approximate surface area is 163 Å². The van der Waals surface area contributed by atoms with Crippen LogP contribution in [0.15, 0.2) is 48.5 Å². The van der Waals surface area contributed by atoms with E-state index in [-0.39, 0.29) is 12.5 Å². The molecule has 3 N–H and O–H groups in total. The molecule has 0 saturated heterocycles. The van der Waals surface area contributed by atoms with Crippen LogP contribution in [0.25, 0.3) is 11.0 Å². The second-order valence-corrected chi connectivity index (χ2v) is 6.57. The highest BCUT2D eigenvalue weighted by atomic mass is 32.1. The molecule has 0 saturated carbocycles. The molecule has 0 aliphatic rings. The largest absolute Gasteiger partial charge is 0.331 e. The van der Waals surface area contributed by atoms with Gasteiger partial charge in [0, 0.05) is 5.69 Å². The first kappa shape index (κ1) is 18.8. The molecule has 0 aliphatic carbocycles. The van der Waals surface area contributed by atoms with Crippen LogP contribution in [0, 0.1) is 0 Å². The summed E-state index contributed by atoms with van der Waals surface area (Å²) in [5, 5.41) is 11.4. The van der Waals surface area contributed by atoms with Crippen molar-refractivity contribution in [3.05, 3.63) is 54.1 Å². The van der Waals surface area contributed by atoms with E-state index in [1.165, 1.54) is 23.1 Å². The Morgan fingerprint density at radius 3 is 2.67 bits per heavy atom. The van der Waals surface area contributed by atoms with E-state index in [4.69, 9.17) is 12.2 Å². The van der Waals surface area contributed by atoms with Gasteiger partial charge in [0.05, 0.1) is 5.52 Å². The number of hydrogen-bond acceptors (Lipinski definition) is 4. The van der Waals surface area contributed by atoms with Gasteiger partial charge in [0.15, 0.2) is 5.11 Å². The highest BCUT2D eigenvalue weighted by Gasteiger charge is 2.08. The Bertz CT molecular complexity index is 921. The number of aryl methyl sites for hydroxylation is 1. The molecule has 0 fully saturated rings. The Hall–Kier alpha value is -3.00. The number of carbonyl (C=O) groups excluding carboxylic acids is 1. The van der Waals surface area contributed by atoms with E-state index in [1.54, 1.807) is 0 Å². The van der Waals surface area contributed by atoms with E-state index in [9.17, 15) is 4.79 Å². The molecule has 0 unspecified atom stereocenters. The third-order valence-electron chi connectivity index (χ3n) is 4.06. The maximum atomic E-state index is 12.1. The molecule has 1 heterocycles. The molecule has 3 rings (SSSR count). The first-order valence-corrected chi connectivity index (χ1v) is 9.29. The third-order valence-corrected chi connectivity index (χ3v) is 4.26. The molecule has 3 aromatic rings. The predicted molar refractivity (Wildman–Crippen MR) is 110 cm³/mol. The summed E-state index contributed by atoms with van der Waals surface area (Å²) in [5.74, 6) is -0.273. The van der Waals surface area contributed by atoms with Crippen LogP contribution in [0.3, 0.4) is 0 Å². The van der Waals surface area contributed by atoms with Gasteiger partial charge in [-0.15, -0.1) is 5.10 Å². The average molecular weight is 382 g/mol. The van der Waals surface area contributed by atoms with Crippen molar-refractivity contribution in [2.45, 2.75) is 32.7 Å². The average Bonchev–Trinajstić information content (AvgIpc) is 3.09. The number of benzene rings is 2. The van der Waals surface area contributed by atoms with E-state index in [0.717, 1.165) is 23.1 Å². The number of anilines is 1. The zero-order chi connectivity index (χ0) is 19.1. The highest BCUT2D eigenvalue weighted by Crippen LogP contribution is 2.12. The summed E-state index contributed by atoms with van der Waals surface area (Å²) in [7, 11) is 0. The lowest BCUT2D eigenvalue weighted by Crippen LogP contribution is -2.45. The van der Waals surface area contributed by atoms with Gasteiger partial charge < -0.3 is 5.32 Å². The number of thiocarbonyl (C=S) groups is 1. The molecule has 1 aromatic heterocycles. The molecule has 0 spiro atoms. The zero-order valence-corrected chi connectivity index (χ0v) is 15.9. The second-order valence-electron chi connectivity index (χ2n) is 6.16. The zero-order valence-electron chi connectivity index (χ0n) is 15.1. The molecule has 0 bridgehead atoms. The molecule has 0 aliphatic heterocycles. The van der Waals surface area contributed by atoms with Gasteiger partial charge in [0.2, 0.25) is 0 Å². The minimum atomic E-state index is -0.273. The molecule has 2 aromatic carbocycles. The fraction of sp³-hybridized carbons (Fsp3) is 0.263. The van der Waals surface area contributed by atoms with Crippen LogP contribution in [0.1, 0.15) is 25.3 Å². The number of nitrogens with zero attached hydrogens (tertiary/aromatic N) is 3. The maximum Gasteiger partial charge on any atom is 0.260 e. The van der Waals surface area contributed by atoms with Crippen molar-refractivity contribution < 1.29 is 4.79 Å². The number of hydrogen-bond donors (Lipinski definition) is 3. The van der Waals surface area contributed by atoms with Crippen molar-refractivity contribution in [1.82, 2.24) is 25.8 Å². The van der Waals surface area contributed by atoms with Crippen LogP contribution in [0.4, 0.5) is 5.69 Å². The van der Waals surface area contributed by atoms with Crippen LogP contribution in [-0.4, -0.2) is 26.0 Å². The smallest absolute Gasteiger partial charge is 0.260 e. The van der Waals surface area contributed by atoms with Crippen LogP contribution >= 0.6 is 12.2 Å². The molecule has 0 radical (unpaired) electrons. The summed E-state index contributed by atoms with van der Waals surface area (Å²) in [5.41, 5.74) is 8.98. The molecule has 0 atom stereocenters. The second kappa shape index (κ2) is 9.09. The lowest BCUT2D eigenvalue weighted by Gasteiger charge is -2.12. The SMILES string of the molecule is CCCCc1ccc(NC(=S)NNC(=O)Cn2nnc3ccccc32)cc1. The van der Waals surface area contributed by atoms with E-state index in [1.807, 2.05) is 36.4 Å². The van der Waals surface area contributed by atoms with Gasteiger partial charge in [-0.2, -0.15) is 0 Å². The van der Waals surface area contributed by atoms with Crippen molar-refractivity contribution in [2.75, 3.05) is 5.32 Å². The molecule has 27 heavy (non-hydrogen) atoms. The third kappa shape index (κ3) is 5.24. The monoisotopic (exact) mass is 382 g/mol. The standard InChI is InChI=1S/C19H22N6OS/c1-2-3-6-14-9-11-15(12-10-14)20-19(27)23-22-18(26)13-25-17-8-5-4-7-16(17)21-24-25/h4-5,7-12H,2-3,6,13H2,1H3,(H,22,26)(H2,20,23,27). The topological polar surface area (TPSA) is 83.9 Å². The normalized spacial score (nSPS) is 10.6. The number of fused-ring (bicyclic) bond motifs is 1. The Morgan fingerprint density at radius 2 is 1.89 bits per heavy atom. The van der Waals surface area contributed by atoms with Crippen molar-refractivity contribution in [1.29, 1.82) is 0 Å². The van der Waals surface area contributed by atoms with Gasteiger partial charge in [-0.25, -0.2) is 4.68 Å². The quantitative estimate of drug-likeness (QED) is 0.449. The van der Waals surface area contributed by atoms with Crippen molar-refractivity contribution in [3.63, 3.8) is 0 Å². The van der Waals surface area contributed by atoms with Gasteiger partial charge in [0.25, 0.3) is 5.91 Å². The lowest BCUT2D eigenvalue weighted by molar-refractivity contribution is -0.122. The van der Waals surface area contributed by atoms with E-state index in [0.29, 0.717) is 5.11 Å². The number of nitrogens with one attached hydrogen (secondary N) is 3. The Balaban J connectivity index is 1.46. The van der Waals surface area contributed by atoms with Gasteiger partial charge in [-0.05, 0) is 54.9 Å². The molecule has 7 nitrogen and oxygen atoms in total. The summed E-state index contributed by atoms with van der Waals surface area (Å²) in [4.78, 5) is 12.1.